The molecule has 2 unspecified atom stereocenters. The summed E-state index contributed by atoms with van der Waals surface area (Å²) in [6.07, 6.45) is 3.90. The molecule has 0 bridgehead atoms. The van der Waals surface area contributed by atoms with Crippen molar-refractivity contribution in [1.82, 2.24) is 20.1 Å². The molecule has 1 amide bonds. The fraction of sp³-hybridized carbons (Fsp3) is 0.500. The van der Waals surface area contributed by atoms with Gasteiger partial charge in [-0.3, -0.25) is 14.6 Å². The number of amides is 1. The molecule has 1 aromatic heterocycles. The number of hydrogen-bond donors (Lipinski definition) is 1. The van der Waals surface area contributed by atoms with Crippen LogP contribution in [0.3, 0.4) is 0 Å². The van der Waals surface area contributed by atoms with Gasteiger partial charge in [-0.1, -0.05) is 36.4 Å². The van der Waals surface area contributed by atoms with Crippen molar-refractivity contribution in [3.63, 3.8) is 0 Å². The van der Waals surface area contributed by atoms with Gasteiger partial charge in [0.2, 0.25) is 5.91 Å². The molecule has 2 saturated heterocycles. The van der Waals surface area contributed by atoms with E-state index in [0.29, 0.717) is 0 Å². The smallest absolute Gasteiger partial charge is 0.237 e. The van der Waals surface area contributed by atoms with E-state index in [1.807, 2.05) is 24.4 Å². The number of anilines is 1. The maximum Gasteiger partial charge on any atom is 0.237 e. The molecule has 2 aliphatic heterocycles. The Morgan fingerprint density at radius 1 is 1.07 bits per heavy atom. The number of nitrogens with zero attached hydrogens (tertiary/aromatic N) is 4. The second kappa shape index (κ2) is 10.0. The van der Waals surface area contributed by atoms with Crippen molar-refractivity contribution >= 4 is 11.7 Å². The Morgan fingerprint density at radius 2 is 1.83 bits per heavy atom. The van der Waals surface area contributed by atoms with Gasteiger partial charge in [0.15, 0.2) is 0 Å². The quantitative estimate of drug-likeness (QED) is 0.764. The lowest BCUT2D eigenvalue weighted by Crippen LogP contribution is -2.53. The number of rotatable bonds is 7. The van der Waals surface area contributed by atoms with Crippen LogP contribution in [0.15, 0.2) is 54.7 Å². The number of carbonyl (C=O) groups excluding carboxylic acids is 1. The molecule has 30 heavy (non-hydrogen) atoms. The monoisotopic (exact) mass is 407 g/mol. The Hall–Kier alpha value is -2.44. The van der Waals surface area contributed by atoms with E-state index in [1.165, 1.54) is 5.56 Å². The number of piperazine rings is 1. The largest absolute Gasteiger partial charge is 0.354 e. The summed E-state index contributed by atoms with van der Waals surface area (Å²) in [5, 5.41) is 3.28. The van der Waals surface area contributed by atoms with Crippen LogP contribution in [0, 0.1) is 0 Å². The molecule has 160 valence electrons. The number of carbonyl (C=O) groups is 1. The highest BCUT2D eigenvalue weighted by molar-refractivity contribution is 5.82. The molecule has 1 N–H and O–H groups in total. The van der Waals surface area contributed by atoms with E-state index in [9.17, 15) is 4.79 Å². The number of pyridine rings is 1. The normalized spacial score (nSPS) is 21.5. The molecular formula is C24H33N5O. The third-order valence-electron chi connectivity index (χ3n) is 6.16. The maximum atomic E-state index is 12.9. The SMILES string of the molecule is CC(CN1CCN(c2ccccn2)CC1)NC(=O)C1CCCN1Cc1ccccc1. The molecule has 6 heteroatoms. The minimum absolute atomic E-state index is 0.00587. The van der Waals surface area contributed by atoms with Crippen LogP contribution in [0.1, 0.15) is 25.3 Å². The summed E-state index contributed by atoms with van der Waals surface area (Å²) in [5.74, 6) is 1.24. The molecule has 2 aromatic rings. The standard InChI is InChI=1S/C24H33N5O/c1-20(18-27-14-16-28(17-15-27)23-11-5-6-12-25-23)26-24(30)22-10-7-13-29(22)19-21-8-3-2-4-9-21/h2-6,8-9,11-12,20,22H,7,10,13-19H2,1H3,(H,26,30). The lowest BCUT2D eigenvalue weighted by molar-refractivity contribution is -0.126. The molecule has 0 saturated carbocycles. The molecule has 2 atom stereocenters. The van der Waals surface area contributed by atoms with Crippen molar-refractivity contribution in [3.05, 3.63) is 60.3 Å². The zero-order valence-electron chi connectivity index (χ0n) is 17.9. The zero-order chi connectivity index (χ0) is 20.8. The maximum absolute atomic E-state index is 12.9. The van der Waals surface area contributed by atoms with Crippen molar-refractivity contribution < 1.29 is 4.79 Å². The van der Waals surface area contributed by atoms with Gasteiger partial charge in [0.05, 0.1) is 6.04 Å². The van der Waals surface area contributed by atoms with Gasteiger partial charge in [-0.05, 0) is 44.0 Å². The first-order valence-electron chi connectivity index (χ1n) is 11.2. The molecule has 0 radical (unpaired) electrons. The van der Waals surface area contributed by atoms with Crippen LogP contribution in [0.2, 0.25) is 0 Å². The molecule has 1 aromatic carbocycles. The average Bonchev–Trinajstić information content (AvgIpc) is 3.24. The highest BCUT2D eigenvalue weighted by Crippen LogP contribution is 2.20. The first-order chi connectivity index (χ1) is 14.7. The lowest BCUT2D eigenvalue weighted by atomic mass is 10.1. The van der Waals surface area contributed by atoms with Crippen LogP contribution >= 0.6 is 0 Å². The number of benzene rings is 1. The second-order valence-corrected chi connectivity index (χ2v) is 8.50. The predicted molar refractivity (Wildman–Crippen MR) is 120 cm³/mol. The minimum atomic E-state index is -0.00587. The summed E-state index contributed by atoms with van der Waals surface area (Å²) in [4.78, 5) is 24.5. The van der Waals surface area contributed by atoms with Crippen LogP contribution in [0.4, 0.5) is 5.82 Å². The predicted octanol–water partition coefficient (Wildman–Crippen LogP) is 2.37. The number of hydrogen-bond acceptors (Lipinski definition) is 5. The van der Waals surface area contributed by atoms with Gasteiger partial charge < -0.3 is 10.2 Å². The lowest BCUT2D eigenvalue weighted by Gasteiger charge is -2.36. The fourth-order valence-electron chi connectivity index (χ4n) is 4.60. The first kappa shape index (κ1) is 20.8. The molecule has 2 aliphatic rings. The highest BCUT2D eigenvalue weighted by atomic mass is 16.2. The molecule has 0 aliphatic carbocycles. The summed E-state index contributed by atoms with van der Waals surface area (Å²) in [5.41, 5.74) is 1.27. The van der Waals surface area contributed by atoms with Crippen molar-refractivity contribution in [1.29, 1.82) is 0 Å². The minimum Gasteiger partial charge on any atom is -0.354 e. The number of nitrogens with one attached hydrogen (secondary N) is 1. The van der Waals surface area contributed by atoms with Crippen molar-refractivity contribution in [2.75, 3.05) is 44.2 Å². The summed E-state index contributed by atoms with van der Waals surface area (Å²) in [7, 11) is 0. The highest BCUT2D eigenvalue weighted by Gasteiger charge is 2.31. The molecule has 6 nitrogen and oxygen atoms in total. The molecule has 3 heterocycles. The van der Waals surface area contributed by atoms with Crippen molar-refractivity contribution in [2.45, 2.75) is 38.4 Å². The van der Waals surface area contributed by atoms with E-state index in [1.54, 1.807) is 0 Å². The van der Waals surface area contributed by atoms with E-state index in [2.05, 4.69) is 62.3 Å². The summed E-state index contributed by atoms with van der Waals surface area (Å²) in [6, 6.07) is 16.7. The Morgan fingerprint density at radius 3 is 2.57 bits per heavy atom. The summed E-state index contributed by atoms with van der Waals surface area (Å²) < 4.78 is 0. The Balaban J connectivity index is 1.23. The zero-order valence-corrected chi connectivity index (χ0v) is 17.9. The van der Waals surface area contributed by atoms with Crippen molar-refractivity contribution in [2.24, 2.45) is 0 Å². The number of likely N-dealkylation sites (tertiary alicyclic amines) is 1. The third-order valence-corrected chi connectivity index (χ3v) is 6.16. The van der Waals surface area contributed by atoms with Crippen LogP contribution in [0.5, 0.6) is 0 Å². The third kappa shape index (κ3) is 5.37. The van der Waals surface area contributed by atoms with Gasteiger partial charge in [0, 0.05) is 51.5 Å². The van der Waals surface area contributed by atoms with Crippen molar-refractivity contribution in [3.8, 4) is 0 Å². The van der Waals surface area contributed by atoms with Gasteiger partial charge in [0.25, 0.3) is 0 Å². The van der Waals surface area contributed by atoms with Gasteiger partial charge in [-0.25, -0.2) is 4.98 Å². The Kier molecular flexibility index (Phi) is 6.97. The fourth-order valence-corrected chi connectivity index (χ4v) is 4.60. The van der Waals surface area contributed by atoms with Crippen LogP contribution < -0.4 is 10.2 Å². The molecular weight excluding hydrogens is 374 g/mol. The Bertz CT molecular complexity index is 792. The Labute approximate surface area is 179 Å². The first-order valence-corrected chi connectivity index (χ1v) is 11.2. The topological polar surface area (TPSA) is 51.7 Å². The van der Waals surface area contributed by atoms with E-state index >= 15 is 0 Å². The van der Waals surface area contributed by atoms with Gasteiger partial charge in [0.1, 0.15) is 5.82 Å². The van der Waals surface area contributed by atoms with Gasteiger partial charge >= 0.3 is 0 Å². The summed E-state index contributed by atoms with van der Waals surface area (Å²) >= 11 is 0. The van der Waals surface area contributed by atoms with Crippen LogP contribution in [-0.4, -0.2) is 72.0 Å². The molecule has 2 fully saturated rings. The van der Waals surface area contributed by atoms with E-state index < -0.39 is 0 Å². The second-order valence-electron chi connectivity index (χ2n) is 8.50. The summed E-state index contributed by atoms with van der Waals surface area (Å²) in [6.45, 7) is 8.82. The molecule has 4 rings (SSSR count). The van der Waals surface area contributed by atoms with Gasteiger partial charge in [-0.2, -0.15) is 0 Å². The number of aromatic nitrogens is 1. The van der Waals surface area contributed by atoms with E-state index in [-0.39, 0.29) is 18.0 Å². The van der Waals surface area contributed by atoms with Crippen LogP contribution in [-0.2, 0) is 11.3 Å². The molecule has 0 spiro atoms. The van der Waals surface area contributed by atoms with Crippen LogP contribution in [0.25, 0.3) is 0 Å². The van der Waals surface area contributed by atoms with E-state index in [4.69, 9.17) is 0 Å². The van der Waals surface area contributed by atoms with Gasteiger partial charge in [-0.15, -0.1) is 0 Å². The average molecular weight is 408 g/mol. The van der Waals surface area contributed by atoms with E-state index in [0.717, 1.165) is 64.5 Å².